The minimum absolute atomic E-state index is 0.301. The van der Waals surface area contributed by atoms with Crippen LogP contribution in [-0.4, -0.2) is 22.6 Å². The van der Waals surface area contributed by atoms with E-state index in [1.54, 1.807) is 37.4 Å². The van der Waals surface area contributed by atoms with E-state index in [9.17, 15) is 4.79 Å². The lowest BCUT2D eigenvalue weighted by molar-refractivity contribution is 0.102. The number of carbonyl (C=O) groups excluding carboxylic acids is 1. The Hall–Kier alpha value is -2.63. The smallest absolute Gasteiger partial charge is 0.275 e. The van der Waals surface area contributed by atoms with Gasteiger partial charge in [0.05, 0.1) is 0 Å². The molecule has 0 atom stereocenters. The van der Waals surface area contributed by atoms with Crippen LogP contribution in [-0.2, 0) is 0 Å². The summed E-state index contributed by atoms with van der Waals surface area (Å²) < 4.78 is 4.87. The van der Waals surface area contributed by atoms with Crippen LogP contribution in [0.15, 0.2) is 41.6 Å². The number of aryl methyl sites for hydroxylation is 1. The summed E-state index contributed by atoms with van der Waals surface area (Å²) in [5.41, 5.74) is 1.10. The molecule has 2 N–H and O–H groups in total. The lowest BCUT2D eigenvalue weighted by Gasteiger charge is -2.05. The minimum Gasteiger partial charge on any atom is -0.381 e. The largest absolute Gasteiger partial charge is 0.381 e. The molecular formula is C13H14N4O2. The Balaban J connectivity index is 2.08. The number of nitrogens with one attached hydrogen (secondary N) is 2. The maximum absolute atomic E-state index is 11.9. The van der Waals surface area contributed by atoms with E-state index < -0.39 is 0 Å². The molecule has 2 heterocycles. The van der Waals surface area contributed by atoms with Gasteiger partial charge >= 0.3 is 0 Å². The van der Waals surface area contributed by atoms with Gasteiger partial charge in [0.15, 0.2) is 5.82 Å². The van der Waals surface area contributed by atoms with Gasteiger partial charge in [-0.2, -0.15) is 0 Å². The molecule has 0 radical (unpaired) electrons. The molecule has 0 aliphatic carbocycles. The van der Waals surface area contributed by atoms with Crippen LogP contribution in [0.4, 0.5) is 11.5 Å². The number of pyridine rings is 1. The fourth-order valence-corrected chi connectivity index (χ4v) is 1.46. The molecule has 98 valence electrons. The molecule has 0 fully saturated rings. The molecule has 0 spiro atoms. The Morgan fingerprint density at radius 1 is 1.53 bits per heavy atom. The molecule has 6 nitrogen and oxygen atoms in total. The third-order valence-corrected chi connectivity index (χ3v) is 2.31. The van der Waals surface area contributed by atoms with Crippen LogP contribution in [0.1, 0.15) is 16.2 Å². The minimum atomic E-state index is -0.337. The number of aromatic nitrogens is 2. The van der Waals surface area contributed by atoms with Crippen molar-refractivity contribution in [1.82, 2.24) is 10.1 Å². The van der Waals surface area contributed by atoms with Crippen LogP contribution >= 0.6 is 0 Å². The standard InChI is InChI=1S/C13H14N4O2/c1-3-5-14-10-4-6-15-11(8-10)13(18)16-12-7-9(2)19-17-12/h3-4,6-8H,1,5H2,2H3,(H,14,15)(H,16,17,18). The summed E-state index contributed by atoms with van der Waals surface area (Å²) in [7, 11) is 0. The zero-order chi connectivity index (χ0) is 13.7. The van der Waals surface area contributed by atoms with E-state index in [1.165, 1.54) is 0 Å². The molecule has 0 aliphatic rings. The molecule has 0 unspecified atom stereocenters. The average Bonchev–Trinajstić information content (AvgIpc) is 2.82. The van der Waals surface area contributed by atoms with Crippen molar-refractivity contribution < 1.29 is 9.32 Å². The van der Waals surface area contributed by atoms with Crippen molar-refractivity contribution in [3.63, 3.8) is 0 Å². The van der Waals surface area contributed by atoms with Gasteiger partial charge < -0.3 is 15.2 Å². The topological polar surface area (TPSA) is 80.0 Å². The molecule has 1 amide bonds. The summed E-state index contributed by atoms with van der Waals surface area (Å²) in [5.74, 6) is 0.661. The predicted molar refractivity (Wildman–Crippen MR) is 72.1 cm³/mol. The van der Waals surface area contributed by atoms with E-state index in [0.717, 1.165) is 5.69 Å². The fraction of sp³-hybridized carbons (Fsp3) is 0.154. The summed E-state index contributed by atoms with van der Waals surface area (Å²) >= 11 is 0. The summed E-state index contributed by atoms with van der Waals surface area (Å²) in [5, 5.41) is 9.38. The highest BCUT2D eigenvalue weighted by atomic mass is 16.5. The SMILES string of the molecule is C=CCNc1ccnc(C(=O)Nc2cc(C)on2)c1. The lowest BCUT2D eigenvalue weighted by Crippen LogP contribution is -2.14. The third kappa shape index (κ3) is 3.41. The highest BCUT2D eigenvalue weighted by molar-refractivity contribution is 6.02. The molecule has 2 rings (SSSR count). The van der Waals surface area contributed by atoms with Gasteiger partial charge in [-0.1, -0.05) is 11.2 Å². The Morgan fingerprint density at radius 3 is 3.05 bits per heavy atom. The van der Waals surface area contributed by atoms with Crippen molar-refractivity contribution >= 4 is 17.4 Å². The molecule has 6 heteroatoms. The van der Waals surface area contributed by atoms with Crippen LogP contribution < -0.4 is 10.6 Å². The Kier molecular flexibility index (Phi) is 3.92. The van der Waals surface area contributed by atoms with Gasteiger partial charge in [0.2, 0.25) is 0 Å². The summed E-state index contributed by atoms with van der Waals surface area (Å²) in [4.78, 5) is 16.0. The number of carbonyl (C=O) groups is 1. The van der Waals surface area contributed by atoms with Crippen molar-refractivity contribution in [3.8, 4) is 0 Å². The van der Waals surface area contributed by atoms with E-state index in [0.29, 0.717) is 23.8 Å². The normalized spacial score (nSPS) is 9.95. The van der Waals surface area contributed by atoms with Crippen molar-refractivity contribution in [2.24, 2.45) is 0 Å². The average molecular weight is 258 g/mol. The van der Waals surface area contributed by atoms with Crippen molar-refractivity contribution in [2.75, 3.05) is 17.2 Å². The second-order valence-electron chi connectivity index (χ2n) is 3.88. The first-order valence-corrected chi connectivity index (χ1v) is 5.74. The first-order chi connectivity index (χ1) is 9.19. The van der Waals surface area contributed by atoms with Gasteiger partial charge in [0.1, 0.15) is 11.5 Å². The summed E-state index contributed by atoms with van der Waals surface area (Å²) in [6, 6.07) is 5.07. The Morgan fingerprint density at radius 2 is 2.37 bits per heavy atom. The van der Waals surface area contributed by atoms with Crippen LogP contribution in [0.5, 0.6) is 0 Å². The second-order valence-corrected chi connectivity index (χ2v) is 3.88. The number of anilines is 2. The maximum Gasteiger partial charge on any atom is 0.275 e. The number of hydrogen-bond acceptors (Lipinski definition) is 5. The summed E-state index contributed by atoms with van der Waals surface area (Å²) in [6.07, 6.45) is 3.30. The third-order valence-electron chi connectivity index (χ3n) is 2.31. The number of nitrogens with zero attached hydrogens (tertiary/aromatic N) is 2. The van der Waals surface area contributed by atoms with Crippen molar-refractivity contribution in [2.45, 2.75) is 6.92 Å². The Bertz CT molecular complexity index is 592. The van der Waals surface area contributed by atoms with Crippen LogP contribution in [0.25, 0.3) is 0 Å². The molecule has 2 aromatic rings. The number of hydrogen-bond donors (Lipinski definition) is 2. The zero-order valence-corrected chi connectivity index (χ0v) is 10.5. The molecule has 2 aromatic heterocycles. The molecule has 19 heavy (non-hydrogen) atoms. The second kappa shape index (κ2) is 5.81. The van der Waals surface area contributed by atoms with Crippen LogP contribution in [0.3, 0.4) is 0 Å². The summed E-state index contributed by atoms with van der Waals surface area (Å²) in [6.45, 7) is 5.98. The Labute approximate surface area is 110 Å². The van der Waals surface area contributed by atoms with Crippen LogP contribution in [0.2, 0.25) is 0 Å². The maximum atomic E-state index is 11.9. The van der Waals surface area contributed by atoms with Crippen molar-refractivity contribution in [1.29, 1.82) is 0 Å². The molecule has 0 bridgehead atoms. The molecule has 0 aromatic carbocycles. The predicted octanol–water partition coefficient (Wildman–Crippen LogP) is 2.23. The van der Waals surface area contributed by atoms with Gasteiger partial charge in [0.25, 0.3) is 5.91 Å². The van der Waals surface area contributed by atoms with Crippen molar-refractivity contribution in [3.05, 3.63) is 48.5 Å². The van der Waals surface area contributed by atoms with E-state index in [-0.39, 0.29) is 5.91 Å². The molecule has 0 aliphatic heterocycles. The van der Waals surface area contributed by atoms with E-state index in [2.05, 4.69) is 27.4 Å². The van der Waals surface area contributed by atoms with E-state index >= 15 is 0 Å². The highest BCUT2D eigenvalue weighted by Gasteiger charge is 2.10. The monoisotopic (exact) mass is 258 g/mol. The van der Waals surface area contributed by atoms with Crippen LogP contribution in [0, 0.1) is 6.92 Å². The van der Waals surface area contributed by atoms with Gasteiger partial charge in [-0.25, -0.2) is 0 Å². The lowest BCUT2D eigenvalue weighted by atomic mass is 10.3. The van der Waals surface area contributed by atoms with Gasteiger partial charge in [-0.05, 0) is 19.1 Å². The first kappa shape index (κ1) is 12.8. The highest BCUT2D eigenvalue weighted by Crippen LogP contribution is 2.11. The van der Waals surface area contributed by atoms with Gasteiger partial charge in [0, 0.05) is 24.5 Å². The van der Waals surface area contributed by atoms with Gasteiger partial charge in [-0.15, -0.1) is 6.58 Å². The van der Waals surface area contributed by atoms with E-state index in [1.807, 2.05) is 0 Å². The number of rotatable bonds is 5. The number of amides is 1. The fourth-order valence-electron chi connectivity index (χ4n) is 1.46. The molecule has 0 saturated heterocycles. The first-order valence-electron chi connectivity index (χ1n) is 5.74. The van der Waals surface area contributed by atoms with E-state index in [4.69, 9.17) is 4.52 Å². The molecule has 0 saturated carbocycles. The van der Waals surface area contributed by atoms with Gasteiger partial charge in [-0.3, -0.25) is 9.78 Å². The zero-order valence-electron chi connectivity index (χ0n) is 10.5. The molecular weight excluding hydrogens is 244 g/mol. The quantitative estimate of drug-likeness (QED) is 0.804.